The van der Waals surface area contributed by atoms with Crippen LogP contribution in [0.4, 0.5) is 0 Å². The van der Waals surface area contributed by atoms with E-state index in [1.54, 1.807) is 6.08 Å². The molecule has 2 unspecified atom stereocenters. The van der Waals surface area contributed by atoms with Crippen LogP contribution in [0.5, 0.6) is 0 Å². The summed E-state index contributed by atoms with van der Waals surface area (Å²) in [5, 5.41) is 2.53. The Kier molecular flexibility index (Phi) is 4.42. The van der Waals surface area contributed by atoms with Crippen LogP contribution in [0.15, 0.2) is 35.2 Å². The molecule has 0 radical (unpaired) electrons. The molecule has 0 spiro atoms. The molecule has 2 saturated heterocycles. The summed E-state index contributed by atoms with van der Waals surface area (Å²) in [6, 6.07) is 3.72. The number of thiophene rings is 1. The van der Waals surface area contributed by atoms with E-state index in [1.807, 2.05) is 22.4 Å². The molecule has 1 aromatic rings. The molecular formula is C14H16N2O3S3. The number of sulfone groups is 1. The number of carbonyl (C=O) groups is 1. The van der Waals surface area contributed by atoms with Gasteiger partial charge in [-0.05, 0) is 11.4 Å². The number of thioether (sulfide) groups is 1. The predicted molar refractivity (Wildman–Crippen MR) is 91.2 cm³/mol. The molecule has 2 aliphatic rings. The smallest absolute Gasteiger partial charge is 0.253 e. The second-order valence-corrected chi connectivity index (χ2v) is 9.68. The number of hydrogen-bond acceptors (Lipinski definition) is 5. The van der Waals surface area contributed by atoms with Crippen molar-refractivity contribution in [2.24, 2.45) is 4.99 Å². The molecular weight excluding hydrogens is 340 g/mol. The van der Waals surface area contributed by atoms with E-state index in [2.05, 4.69) is 11.6 Å². The minimum Gasteiger partial charge on any atom is -0.342 e. The Morgan fingerprint density at radius 1 is 1.50 bits per heavy atom. The number of carbonyl (C=O) groups excluding carboxylic acids is 1. The van der Waals surface area contributed by atoms with E-state index in [9.17, 15) is 13.2 Å². The van der Waals surface area contributed by atoms with Crippen LogP contribution in [0.2, 0.25) is 0 Å². The molecule has 0 N–H and O–H groups in total. The van der Waals surface area contributed by atoms with Gasteiger partial charge in [-0.25, -0.2) is 8.42 Å². The Hall–Kier alpha value is -1.12. The van der Waals surface area contributed by atoms with Gasteiger partial charge in [-0.15, -0.1) is 17.9 Å². The van der Waals surface area contributed by atoms with Crippen molar-refractivity contribution < 1.29 is 13.2 Å². The lowest BCUT2D eigenvalue weighted by Gasteiger charge is -2.22. The highest BCUT2D eigenvalue weighted by atomic mass is 32.2. The number of nitrogens with zero attached hydrogens (tertiary/aromatic N) is 2. The summed E-state index contributed by atoms with van der Waals surface area (Å²) < 4.78 is 23.5. The van der Waals surface area contributed by atoms with Crippen molar-refractivity contribution >= 4 is 44.0 Å². The Labute approximate surface area is 138 Å². The standard InChI is InChI=1S/C14H16N2O3S3/c1-2-5-16-11-8-22(18,19)9-12(11)21-14(16)15-13(17)7-10-4-3-6-20-10/h2-4,6,11-12H,1,5,7-9H2. The maximum Gasteiger partial charge on any atom is 0.253 e. The Balaban J connectivity index is 1.77. The van der Waals surface area contributed by atoms with E-state index in [0.717, 1.165) is 4.88 Å². The Morgan fingerprint density at radius 3 is 3.00 bits per heavy atom. The second-order valence-electron chi connectivity index (χ2n) is 5.29. The zero-order valence-electron chi connectivity index (χ0n) is 11.8. The third-order valence-corrected chi connectivity index (χ3v) is 7.75. The first-order valence-electron chi connectivity index (χ1n) is 6.87. The number of fused-ring (bicyclic) bond motifs is 1. The number of amidine groups is 1. The summed E-state index contributed by atoms with van der Waals surface area (Å²) >= 11 is 2.93. The molecule has 0 saturated carbocycles. The largest absolute Gasteiger partial charge is 0.342 e. The highest BCUT2D eigenvalue weighted by Crippen LogP contribution is 2.38. The minimum absolute atomic E-state index is 0.0294. The molecule has 5 nitrogen and oxygen atoms in total. The molecule has 1 aromatic heterocycles. The van der Waals surface area contributed by atoms with Crippen LogP contribution >= 0.6 is 23.1 Å². The second kappa shape index (κ2) is 6.17. The summed E-state index contributed by atoms with van der Waals surface area (Å²) in [7, 11) is -2.98. The zero-order valence-corrected chi connectivity index (χ0v) is 14.3. The van der Waals surface area contributed by atoms with E-state index in [0.29, 0.717) is 11.7 Å². The van der Waals surface area contributed by atoms with Gasteiger partial charge < -0.3 is 4.90 Å². The fourth-order valence-electron chi connectivity index (χ4n) is 2.70. The number of amides is 1. The monoisotopic (exact) mass is 356 g/mol. The van der Waals surface area contributed by atoms with Gasteiger partial charge in [-0.1, -0.05) is 23.9 Å². The average molecular weight is 356 g/mol. The topological polar surface area (TPSA) is 66.8 Å². The quantitative estimate of drug-likeness (QED) is 0.766. The lowest BCUT2D eigenvalue weighted by molar-refractivity contribution is -0.117. The van der Waals surface area contributed by atoms with Gasteiger partial charge in [0.15, 0.2) is 15.0 Å². The van der Waals surface area contributed by atoms with E-state index in [1.165, 1.54) is 23.1 Å². The van der Waals surface area contributed by atoms with Crippen molar-refractivity contribution in [2.45, 2.75) is 17.7 Å². The zero-order chi connectivity index (χ0) is 15.7. The Bertz CT molecular complexity index is 710. The first kappa shape index (κ1) is 15.8. The third-order valence-electron chi connectivity index (χ3n) is 3.63. The van der Waals surface area contributed by atoms with Gasteiger partial charge in [0.1, 0.15) is 0 Å². The molecule has 22 heavy (non-hydrogen) atoms. The Morgan fingerprint density at radius 2 is 2.32 bits per heavy atom. The van der Waals surface area contributed by atoms with Gasteiger partial charge in [-0.2, -0.15) is 4.99 Å². The van der Waals surface area contributed by atoms with Crippen LogP contribution in [0.3, 0.4) is 0 Å². The summed E-state index contributed by atoms with van der Waals surface area (Å²) in [5.74, 6) is 0.104. The molecule has 3 rings (SSSR count). The lowest BCUT2D eigenvalue weighted by Crippen LogP contribution is -2.37. The molecule has 0 bridgehead atoms. The lowest BCUT2D eigenvalue weighted by atomic mass is 10.2. The maximum absolute atomic E-state index is 12.1. The van der Waals surface area contributed by atoms with Crippen molar-refractivity contribution in [3.8, 4) is 0 Å². The molecule has 118 valence electrons. The SMILES string of the molecule is C=CCN1C(=NC(=O)Cc2cccs2)SC2CS(=O)(=O)CC21. The molecule has 0 aromatic carbocycles. The first-order chi connectivity index (χ1) is 10.5. The van der Waals surface area contributed by atoms with E-state index < -0.39 is 9.84 Å². The maximum atomic E-state index is 12.1. The molecule has 1 amide bonds. The molecule has 2 aliphatic heterocycles. The van der Waals surface area contributed by atoms with Crippen molar-refractivity contribution in [3.05, 3.63) is 35.0 Å². The summed E-state index contributed by atoms with van der Waals surface area (Å²) in [4.78, 5) is 19.2. The van der Waals surface area contributed by atoms with Gasteiger partial charge in [0, 0.05) is 16.7 Å². The van der Waals surface area contributed by atoms with E-state index in [4.69, 9.17) is 0 Å². The molecule has 2 fully saturated rings. The third kappa shape index (κ3) is 3.28. The number of rotatable bonds is 4. The van der Waals surface area contributed by atoms with Crippen LogP contribution < -0.4 is 0 Å². The van der Waals surface area contributed by atoms with Crippen LogP contribution in [0.1, 0.15) is 4.88 Å². The van der Waals surface area contributed by atoms with Crippen LogP contribution in [-0.4, -0.2) is 53.7 Å². The predicted octanol–water partition coefficient (Wildman–Crippen LogP) is 1.57. The average Bonchev–Trinajstić information content (AvgIpc) is 3.08. The molecule has 0 aliphatic carbocycles. The summed E-state index contributed by atoms with van der Waals surface area (Å²) in [5.41, 5.74) is 0. The van der Waals surface area contributed by atoms with Crippen molar-refractivity contribution in [1.29, 1.82) is 0 Å². The van der Waals surface area contributed by atoms with E-state index >= 15 is 0 Å². The highest BCUT2D eigenvalue weighted by Gasteiger charge is 2.48. The fourth-order valence-corrected chi connectivity index (χ4v) is 7.37. The molecule has 8 heteroatoms. The summed E-state index contributed by atoms with van der Waals surface area (Å²) in [6.07, 6.45) is 2.00. The normalized spacial score (nSPS) is 28.0. The van der Waals surface area contributed by atoms with Crippen molar-refractivity contribution in [2.75, 3.05) is 18.1 Å². The van der Waals surface area contributed by atoms with Crippen molar-refractivity contribution in [3.63, 3.8) is 0 Å². The van der Waals surface area contributed by atoms with Gasteiger partial charge in [0.25, 0.3) is 5.91 Å². The van der Waals surface area contributed by atoms with Gasteiger partial charge >= 0.3 is 0 Å². The first-order valence-corrected chi connectivity index (χ1v) is 10.4. The van der Waals surface area contributed by atoms with Gasteiger partial charge in [0.05, 0.1) is 24.0 Å². The van der Waals surface area contributed by atoms with Crippen LogP contribution in [-0.2, 0) is 21.1 Å². The summed E-state index contributed by atoms with van der Waals surface area (Å²) in [6.45, 7) is 4.22. The highest BCUT2D eigenvalue weighted by molar-refractivity contribution is 8.15. The molecule has 2 atom stereocenters. The van der Waals surface area contributed by atoms with Crippen molar-refractivity contribution in [1.82, 2.24) is 4.90 Å². The van der Waals surface area contributed by atoms with Gasteiger partial charge in [-0.3, -0.25) is 4.79 Å². The fraction of sp³-hybridized carbons (Fsp3) is 0.429. The minimum atomic E-state index is -2.98. The van der Waals surface area contributed by atoms with Gasteiger partial charge in [0.2, 0.25) is 0 Å². The van der Waals surface area contributed by atoms with Crippen LogP contribution in [0.25, 0.3) is 0 Å². The molecule has 3 heterocycles. The number of aliphatic imine (C=N–C) groups is 1. The number of hydrogen-bond donors (Lipinski definition) is 0. The van der Waals surface area contributed by atoms with E-state index in [-0.39, 0.29) is 35.1 Å². The van der Waals surface area contributed by atoms with Crippen LogP contribution in [0, 0.1) is 0 Å².